The molecule has 0 spiro atoms. The first kappa shape index (κ1) is 91.6. The smallest absolute Gasteiger partial charge is 0.187 e. The Hall–Kier alpha value is 1.05. The summed E-state index contributed by atoms with van der Waals surface area (Å²) in [6, 6.07) is 0. The van der Waals surface area contributed by atoms with Crippen LogP contribution in [0.4, 0.5) is 0 Å². The van der Waals surface area contributed by atoms with Crippen molar-refractivity contribution in [2.24, 2.45) is 40.1 Å². The van der Waals surface area contributed by atoms with E-state index >= 15 is 0 Å². The highest BCUT2D eigenvalue weighted by Gasteiger charge is 2.60. The van der Waals surface area contributed by atoms with E-state index in [-0.39, 0.29) is 40.3 Å². The Bertz CT molecular complexity index is 1960. The molecule has 616 valence electrons. The summed E-state index contributed by atoms with van der Waals surface area (Å²) in [5.74, 6) is 3.73. The van der Waals surface area contributed by atoms with Crippen molar-refractivity contribution in [3.05, 3.63) is 0 Å². The molecule has 0 saturated carbocycles. The van der Waals surface area contributed by atoms with Crippen LogP contribution in [0.3, 0.4) is 0 Å². The van der Waals surface area contributed by atoms with Gasteiger partial charge in [0.15, 0.2) is 44.0 Å². The Morgan fingerprint density at radius 3 is 0.390 bits per heavy atom. The van der Waals surface area contributed by atoms with Gasteiger partial charge in [-0.3, -0.25) is 0 Å². The molecule has 0 amide bonds. The van der Waals surface area contributed by atoms with Gasteiger partial charge in [0.25, 0.3) is 0 Å². The fourth-order valence-corrected chi connectivity index (χ4v) is 20.3. The second-order valence-electron chi connectivity index (χ2n) is 26.9. The van der Waals surface area contributed by atoms with Crippen LogP contribution in [0, 0.1) is 0 Å². The lowest BCUT2D eigenvalue weighted by atomic mass is 9.95. The highest BCUT2D eigenvalue weighted by atomic mass is 32.2. The van der Waals surface area contributed by atoms with Crippen LogP contribution in [0.25, 0.3) is 0 Å². The minimum atomic E-state index is -2.00. The van der Waals surface area contributed by atoms with Gasteiger partial charge in [0.1, 0.15) is 128 Å². The van der Waals surface area contributed by atoms with Crippen LogP contribution in [0.2, 0.25) is 0 Å². The number of aliphatic hydroxyl groups is 14. The molecule has 21 rings (SSSR count). The van der Waals surface area contributed by atoms with Gasteiger partial charge in [-0.1, -0.05) is 0 Å². The Morgan fingerprint density at radius 1 is 0.171 bits per heavy atom. The molecule has 35 atom stereocenters. The normalized spacial score (nSPS) is 43.8. The van der Waals surface area contributed by atoms with E-state index in [1.165, 1.54) is 82.3 Å². The first-order valence-corrected chi connectivity index (χ1v) is 44.4. The molecule has 14 bridgehead atoms. The summed E-state index contributed by atoms with van der Waals surface area (Å²) in [6.45, 7) is 2.33. The molecule has 21 aliphatic heterocycles. The van der Waals surface area contributed by atoms with Crippen LogP contribution in [0.1, 0.15) is 44.9 Å². The van der Waals surface area contributed by atoms with Gasteiger partial charge in [0.05, 0.1) is 42.7 Å². The number of hydrogen-bond donors (Lipinski definition) is 21. The number of hydrogen-bond acceptors (Lipinski definition) is 42. The van der Waals surface area contributed by atoms with E-state index in [1.54, 1.807) is 0 Å². The van der Waals surface area contributed by atoms with Gasteiger partial charge in [-0.05, 0) is 131 Å². The van der Waals surface area contributed by atoms with Crippen LogP contribution >= 0.6 is 82.3 Å². The van der Waals surface area contributed by atoms with Crippen molar-refractivity contribution in [2.75, 3.05) is 126 Å². The fraction of sp³-hybridized carbons (Fsp3) is 1.00. The van der Waals surface area contributed by atoms with Crippen molar-refractivity contribution in [2.45, 2.75) is 260 Å². The number of rotatable bonds is 35. The van der Waals surface area contributed by atoms with Gasteiger partial charge >= 0.3 is 0 Å². The maximum atomic E-state index is 12.3. The summed E-state index contributed by atoms with van der Waals surface area (Å²) in [7, 11) is 0. The molecular weight excluding hydrogens is 1530 g/mol. The number of aliphatic hydroxyl groups excluding tert-OH is 14. The van der Waals surface area contributed by atoms with Crippen molar-refractivity contribution < 1.29 is 138 Å². The zero-order valence-electron chi connectivity index (χ0n) is 58.9. The molecule has 35 nitrogen and oxygen atoms in total. The van der Waals surface area contributed by atoms with E-state index in [2.05, 4.69) is 0 Å². The third-order valence-electron chi connectivity index (χ3n) is 18.9. The Balaban J connectivity index is 1.19. The summed E-state index contributed by atoms with van der Waals surface area (Å²) in [4.78, 5) is 0. The molecule has 21 aliphatic rings. The van der Waals surface area contributed by atoms with Gasteiger partial charge in [-0.25, -0.2) is 0 Å². The SMILES string of the molecule is NCCCSC[C@H]1O[C@H]2O[C@H]3[C@H](O)[C@@H](O)[C@H](O[C@H]4[C@@H](O)[C@@H](O)[C@H](O[C@H]5[C@H](O)[C@@H](O)[C@H](O[C@H]6[C@@H](O)[C@@H](O)[C@H](O[C@H]7[C@H](O)[C@@H](O)[C@H](O[C@H]8[C@H](O)[C@@H](O)[C@H](O[C@H]1[C@H](O)[C@H]2O)O[C@@H]8CSCCCN)O[C@@H]7CSCCCN)O[C@@H]6CSCCCN)O[C@@H]5CSCCCN)O[C@@H]4CSCCCN)O[C@@H]3CSCCCN. The quantitative estimate of drug-likeness (QED) is 0.0262. The monoisotopic (exact) mass is 1650 g/mol. The zero-order chi connectivity index (χ0) is 75.9. The molecule has 21 saturated heterocycles. The summed E-state index contributed by atoms with van der Waals surface area (Å²) in [6.07, 6.45) is -55.4. The van der Waals surface area contributed by atoms with Crippen LogP contribution in [-0.2, 0) is 66.3 Å². The van der Waals surface area contributed by atoms with E-state index in [0.717, 1.165) is 0 Å². The standard InChI is InChI=1S/C63H119N7O28S7/c64-8-1-15-99-22-29-50-36(71)43(78)57(85-29)93-51-30(23-100-16-2-9-65)87-59(45(80)38(51)73)95-53-32(25-102-18-4-11-67)89-61(47(82)40(53)75)97-55-34(27-104-20-6-13-69)91-63(49(84)42(55)77)98-56-35(28-105-21-7-14-70)90-62(48(83)41(56)76)96-54-33(26-103-19-5-12-68)88-60(46(81)39(54)74)94-52-31(24-101-17-3-10-66)86-58(92-50)44(79)37(52)72/h29-63,71-84H,1-28,64-70H2/t29-,30-,31-,32-,33-,34-,35-,36-,37-,38-,39-,40+,41+,42-,43-,44-,45-,46-,47-,48-,49-,50-,51-,52-,53-,54-,55-,56-,57+,58+,59+,60+,61+,62+,63+/m1/s1. The molecule has 0 aromatic rings. The second kappa shape index (κ2) is 47.3. The maximum absolute atomic E-state index is 12.3. The molecule has 42 heteroatoms. The van der Waals surface area contributed by atoms with Gasteiger partial charge in [-0.15, -0.1) is 0 Å². The average molecular weight is 1650 g/mol. The summed E-state index contributed by atoms with van der Waals surface area (Å²) < 4.78 is 90.5. The largest absolute Gasteiger partial charge is 0.387 e. The van der Waals surface area contributed by atoms with Crippen molar-refractivity contribution in [1.82, 2.24) is 0 Å². The third kappa shape index (κ3) is 25.0. The van der Waals surface area contributed by atoms with Gasteiger partial charge in [0, 0.05) is 40.3 Å². The number of ether oxygens (including phenoxy) is 14. The predicted molar refractivity (Wildman–Crippen MR) is 396 cm³/mol. The molecule has 28 N–H and O–H groups in total. The van der Waals surface area contributed by atoms with Gasteiger partial charge in [0.2, 0.25) is 0 Å². The van der Waals surface area contributed by atoms with Crippen LogP contribution < -0.4 is 40.1 Å². The molecule has 0 aromatic carbocycles. The molecule has 21 fully saturated rings. The van der Waals surface area contributed by atoms with E-state index in [9.17, 15) is 71.5 Å². The Morgan fingerprint density at radius 2 is 0.286 bits per heavy atom. The molecule has 21 heterocycles. The molecule has 0 unspecified atom stereocenters. The van der Waals surface area contributed by atoms with Crippen molar-refractivity contribution >= 4 is 82.3 Å². The number of nitrogens with two attached hydrogens (primary N) is 7. The highest BCUT2D eigenvalue weighted by Crippen LogP contribution is 2.42. The molecule has 105 heavy (non-hydrogen) atoms. The highest BCUT2D eigenvalue weighted by molar-refractivity contribution is 8.00. The zero-order valence-corrected chi connectivity index (χ0v) is 64.6. The van der Waals surface area contributed by atoms with Crippen LogP contribution in [0.15, 0.2) is 0 Å². The summed E-state index contributed by atoms with van der Waals surface area (Å²) >= 11 is 9.41. The van der Waals surface area contributed by atoms with E-state index in [1.807, 2.05) is 0 Å². The minimum Gasteiger partial charge on any atom is -0.387 e. The second-order valence-corrected chi connectivity index (χ2v) is 34.9. The van der Waals surface area contributed by atoms with Crippen molar-refractivity contribution in [3.8, 4) is 0 Å². The lowest BCUT2D eigenvalue weighted by molar-refractivity contribution is -0.389. The van der Waals surface area contributed by atoms with Crippen molar-refractivity contribution in [1.29, 1.82) is 0 Å². The molecule has 0 aliphatic carbocycles. The van der Waals surface area contributed by atoms with Crippen molar-refractivity contribution in [3.63, 3.8) is 0 Å². The van der Waals surface area contributed by atoms with Crippen LogP contribution in [0.5, 0.6) is 0 Å². The van der Waals surface area contributed by atoms with Gasteiger partial charge < -0.3 is 178 Å². The maximum Gasteiger partial charge on any atom is 0.187 e. The Kier molecular flexibility index (Phi) is 41.3. The summed E-state index contributed by atoms with van der Waals surface area (Å²) in [5, 5.41) is 171. The first-order chi connectivity index (χ1) is 50.7. The van der Waals surface area contributed by atoms with Crippen LogP contribution in [-0.4, -0.2) is 413 Å². The molecule has 0 radical (unpaired) electrons. The third-order valence-corrected chi connectivity index (χ3v) is 26.9. The average Bonchev–Trinajstić information content (AvgIpc) is 0.793. The van der Waals surface area contributed by atoms with E-state index < -0.39 is 215 Å². The summed E-state index contributed by atoms with van der Waals surface area (Å²) in [5.41, 5.74) is 41.1. The lowest BCUT2D eigenvalue weighted by Gasteiger charge is -2.50. The predicted octanol–water partition coefficient (Wildman–Crippen LogP) is -7.60. The lowest BCUT2D eigenvalue weighted by Crippen LogP contribution is -2.68. The minimum absolute atomic E-state index is 0.0395. The Labute approximate surface area is 642 Å². The first-order valence-electron chi connectivity index (χ1n) is 36.3. The molecule has 0 aromatic heterocycles. The van der Waals surface area contributed by atoms with Gasteiger partial charge in [-0.2, -0.15) is 82.3 Å². The van der Waals surface area contributed by atoms with E-state index in [0.29, 0.717) is 131 Å². The number of thioether (sulfide) groups is 7. The topological polar surface area (TPSA) is 595 Å². The van der Waals surface area contributed by atoms with E-state index in [4.69, 9.17) is 106 Å². The fourth-order valence-electron chi connectivity index (χ4n) is 13.0. The molecular formula is C63H119N7O28S7.